The highest BCUT2D eigenvalue weighted by atomic mass is 16.7. The highest BCUT2D eigenvalue weighted by Crippen LogP contribution is 2.45. The van der Waals surface area contributed by atoms with E-state index in [1.54, 1.807) is 19.2 Å². The van der Waals surface area contributed by atoms with E-state index in [-0.39, 0.29) is 25.9 Å². The van der Waals surface area contributed by atoms with Gasteiger partial charge in [-0.1, -0.05) is 32.0 Å². The minimum absolute atomic E-state index is 0.0397. The second kappa shape index (κ2) is 13.8. The SMILES string of the molecule is CCCON(CCC)C(=O)CN1C[C@H](c2cc(CO)c3c(c2)OCO3)[C@@H](C(=O)O)[C@@H]1CCc1ccccc1OC. The summed E-state index contributed by atoms with van der Waals surface area (Å²) in [6.07, 6.45) is 2.62. The fourth-order valence-corrected chi connectivity index (χ4v) is 5.76. The lowest BCUT2D eigenvalue weighted by Crippen LogP contribution is -2.44. The van der Waals surface area contributed by atoms with Gasteiger partial charge in [-0.05, 0) is 55.0 Å². The van der Waals surface area contributed by atoms with Gasteiger partial charge in [0, 0.05) is 30.6 Å². The van der Waals surface area contributed by atoms with E-state index in [0.29, 0.717) is 49.6 Å². The number of fused-ring (bicyclic) bond motifs is 1. The molecule has 40 heavy (non-hydrogen) atoms. The summed E-state index contributed by atoms with van der Waals surface area (Å²) in [7, 11) is 1.62. The van der Waals surface area contributed by atoms with Gasteiger partial charge in [-0.3, -0.25) is 19.3 Å². The Morgan fingerprint density at radius 2 is 1.93 bits per heavy atom. The number of carboxylic acid groups (broad SMARTS) is 1. The number of hydrogen-bond donors (Lipinski definition) is 2. The monoisotopic (exact) mass is 556 g/mol. The molecule has 10 heteroatoms. The number of para-hydroxylation sites is 1. The zero-order valence-corrected chi connectivity index (χ0v) is 23.5. The molecule has 2 heterocycles. The van der Waals surface area contributed by atoms with Gasteiger partial charge in [0.2, 0.25) is 6.79 Å². The predicted molar refractivity (Wildman–Crippen MR) is 147 cm³/mol. The lowest BCUT2D eigenvalue weighted by molar-refractivity contribution is -0.188. The largest absolute Gasteiger partial charge is 0.496 e. The molecule has 2 aliphatic heterocycles. The number of hydrogen-bond acceptors (Lipinski definition) is 8. The minimum Gasteiger partial charge on any atom is -0.496 e. The van der Waals surface area contributed by atoms with Crippen molar-refractivity contribution >= 4 is 11.9 Å². The number of amides is 1. The molecule has 0 aliphatic carbocycles. The molecule has 3 atom stereocenters. The summed E-state index contributed by atoms with van der Waals surface area (Å²) in [5.74, 6) is -0.608. The van der Waals surface area contributed by atoms with Crippen LogP contribution in [0, 0.1) is 5.92 Å². The van der Waals surface area contributed by atoms with Crippen LogP contribution in [0.25, 0.3) is 0 Å². The second-order valence-electron chi connectivity index (χ2n) is 10.2. The Balaban J connectivity index is 1.66. The van der Waals surface area contributed by atoms with E-state index in [1.165, 1.54) is 5.06 Å². The summed E-state index contributed by atoms with van der Waals surface area (Å²) in [5.41, 5.74) is 2.27. The second-order valence-corrected chi connectivity index (χ2v) is 10.2. The molecule has 2 aliphatic rings. The first-order chi connectivity index (χ1) is 19.4. The van der Waals surface area contributed by atoms with Gasteiger partial charge in [-0.15, -0.1) is 0 Å². The Bertz CT molecular complexity index is 1170. The molecule has 0 unspecified atom stereocenters. The number of aryl methyl sites for hydroxylation is 1. The molecule has 0 saturated carbocycles. The molecule has 1 saturated heterocycles. The maximum Gasteiger partial charge on any atom is 0.308 e. The fourth-order valence-electron chi connectivity index (χ4n) is 5.76. The third-order valence-electron chi connectivity index (χ3n) is 7.60. The number of carboxylic acids is 1. The molecular formula is C30H40N2O8. The van der Waals surface area contributed by atoms with Crippen molar-refractivity contribution in [1.82, 2.24) is 9.96 Å². The van der Waals surface area contributed by atoms with E-state index in [0.717, 1.165) is 29.7 Å². The number of aliphatic hydroxyl groups excluding tert-OH is 1. The minimum atomic E-state index is -0.930. The smallest absolute Gasteiger partial charge is 0.308 e. The van der Waals surface area contributed by atoms with E-state index in [1.807, 2.05) is 43.0 Å². The molecule has 218 valence electrons. The molecular weight excluding hydrogens is 516 g/mol. The van der Waals surface area contributed by atoms with Crippen LogP contribution in [-0.4, -0.2) is 78.2 Å². The van der Waals surface area contributed by atoms with Crippen molar-refractivity contribution in [2.24, 2.45) is 5.92 Å². The van der Waals surface area contributed by atoms with Gasteiger partial charge in [0.05, 0.1) is 32.8 Å². The Morgan fingerprint density at radius 1 is 1.12 bits per heavy atom. The lowest BCUT2D eigenvalue weighted by Gasteiger charge is -2.29. The molecule has 1 fully saturated rings. The maximum atomic E-state index is 13.4. The van der Waals surface area contributed by atoms with E-state index in [2.05, 4.69) is 0 Å². The Kier molecular flexibility index (Phi) is 10.2. The number of aliphatic hydroxyl groups is 1. The van der Waals surface area contributed by atoms with Crippen LogP contribution in [0.15, 0.2) is 36.4 Å². The highest BCUT2D eigenvalue weighted by molar-refractivity contribution is 5.78. The molecule has 0 aromatic heterocycles. The Morgan fingerprint density at radius 3 is 2.62 bits per heavy atom. The van der Waals surface area contributed by atoms with Crippen molar-refractivity contribution in [1.29, 1.82) is 0 Å². The standard InChI is InChI=1S/C30H40N2O8/c1-4-12-32(40-13-5-2)27(34)17-31-16-23(21-14-22(18-33)29-26(15-21)38-19-39-29)28(30(35)36)24(31)11-10-20-8-6-7-9-25(20)37-3/h6-9,14-15,23-24,28,33H,4-5,10-13,16-19H2,1-3H3,(H,35,36)/t23-,24+,28-/m1/s1. The zero-order valence-electron chi connectivity index (χ0n) is 23.5. The molecule has 1 amide bonds. The summed E-state index contributed by atoms with van der Waals surface area (Å²) in [4.78, 5) is 34.0. The van der Waals surface area contributed by atoms with Crippen molar-refractivity contribution in [2.75, 3.05) is 40.1 Å². The van der Waals surface area contributed by atoms with Gasteiger partial charge in [0.25, 0.3) is 5.91 Å². The summed E-state index contributed by atoms with van der Waals surface area (Å²) >= 11 is 0. The number of ether oxygens (including phenoxy) is 3. The number of methoxy groups -OCH3 is 1. The molecule has 4 rings (SSSR count). The van der Waals surface area contributed by atoms with Crippen LogP contribution in [0.2, 0.25) is 0 Å². The summed E-state index contributed by atoms with van der Waals surface area (Å²) < 4.78 is 16.6. The van der Waals surface area contributed by atoms with E-state index in [4.69, 9.17) is 19.0 Å². The van der Waals surface area contributed by atoms with Gasteiger partial charge < -0.3 is 24.4 Å². The average molecular weight is 557 g/mol. The molecule has 10 nitrogen and oxygen atoms in total. The Labute approximate surface area is 235 Å². The first-order valence-corrected chi connectivity index (χ1v) is 14.0. The number of aliphatic carboxylic acids is 1. The van der Waals surface area contributed by atoms with Crippen LogP contribution in [0.5, 0.6) is 17.2 Å². The fraction of sp³-hybridized carbons (Fsp3) is 0.533. The first kappa shape index (κ1) is 29.6. The topological polar surface area (TPSA) is 118 Å². The predicted octanol–water partition coefficient (Wildman–Crippen LogP) is 3.60. The van der Waals surface area contributed by atoms with Gasteiger partial charge in [-0.25, -0.2) is 5.06 Å². The highest BCUT2D eigenvalue weighted by Gasteiger charge is 2.47. The van der Waals surface area contributed by atoms with Crippen LogP contribution >= 0.6 is 0 Å². The normalized spacial score (nSPS) is 20.1. The van der Waals surface area contributed by atoms with E-state index in [9.17, 15) is 19.8 Å². The number of benzene rings is 2. The number of hydroxylamine groups is 2. The van der Waals surface area contributed by atoms with Crippen LogP contribution in [0.3, 0.4) is 0 Å². The van der Waals surface area contributed by atoms with Gasteiger partial charge in [0.1, 0.15) is 5.75 Å². The third kappa shape index (κ3) is 6.51. The van der Waals surface area contributed by atoms with Crippen molar-refractivity contribution < 1.29 is 38.9 Å². The van der Waals surface area contributed by atoms with Crippen LogP contribution in [0.4, 0.5) is 0 Å². The van der Waals surface area contributed by atoms with Gasteiger partial charge in [0.15, 0.2) is 11.5 Å². The van der Waals surface area contributed by atoms with E-state index >= 15 is 0 Å². The third-order valence-corrected chi connectivity index (χ3v) is 7.60. The molecule has 2 aromatic rings. The number of carbonyl (C=O) groups excluding carboxylic acids is 1. The van der Waals surface area contributed by atoms with Crippen LogP contribution in [-0.2, 0) is 27.5 Å². The zero-order chi connectivity index (χ0) is 28.6. The molecule has 0 radical (unpaired) electrons. The Hall–Kier alpha value is -3.34. The summed E-state index contributed by atoms with van der Waals surface area (Å²) in [6, 6.07) is 10.9. The number of rotatable bonds is 14. The van der Waals surface area contributed by atoms with Gasteiger partial charge in [-0.2, -0.15) is 0 Å². The van der Waals surface area contributed by atoms with Crippen LogP contribution in [0.1, 0.15) is 55.7 Å². The molecule has 2 aromatic carbocycles. The molecule has 2 N–H and O–H groups in total. The average Bonchev–Trinajstić information content (AvgIpc) is 3.58. The van der Waals surface area contributed by atoms with E-state index < -0.39 is 23.8 Å². The maximum absolute atomic E-state index is 13.4. The summed E-state index contributed by atoms with van der Waals surface area (Å²) in [5, 5.41) is 21.9. The first-order valence-electron chi connectivity index (χ1n) is 14.0. The quantitative estimate of drug-likeness (QED) is 0.337. The number of nitrogens with zero attached hydrogens (tertiary/aromatic N) is 2. The molecule has 0 bridgehead atoms. The van der Waals surface area contributed by atoms with Crippen molar-refractivity contribution in [2.45, 2.75) is 58.1 Å². The van der Waals surface area contributed by atoms with Crippen molar-refractivity contribution in [3.63, 3.8) is 0 Å². The number of carbonyl (C=O) groups is 2. The van der Waals surface area contributed by atoms with Crippen LogP contribution < -0.4 is 14.2 Å². The number of likely N-dealkylation sites (tertiary alicyclic amines) is 1. The lowest BCUT2D eigenvalue weighted by atomic mass is 9.82. The molecule has 0 spiro atoms. The van der Waals surface area contributed by atoms with Crippen molar-refractivity contribution in [3.05, 3.63) is 53.1 Å². The van der Waals surface area contributed by atoms with Crippen molar-refractivity contribution in [3.8, 4) is 17.2 Å². The summed E-state index contributed by atoms with van der Waals surface area (Å²) in [6.45, 7) is 5.05. The van der Waals surface area contributed by atoms with Gasteiger partial charge >= 0.3 is 5.97 Å².